The average Bonchev–Trinajstić information content (AvgIpc) is 2.87. The van der Waals surface area contributed by atoms with E-state index in [4.69, 9.17) is 0 Å². The molecule has 1 N–H and O–H groups in total. The first kappa shape index (κ1) is 16.5. The minimum atomic E-state index is -0.270. The van der Waals surface area contributed by atoms with Crippen molar-refractivity contribution in [3.05, 3.63) is 70.8 Å². The van der Waals surface area contributed by atoms with Crippen molar-refractivity contribution in [2.75, 3.05) is 0 Å². The number of allylic oxidation sites excluding steroid dienone is 1. The standard InChI is InChI=1S/C20H23FN2O/c1-3-12-23-18-7-5-4-6-17(18)14(2)19(23)20(24)22-13-15-8-10-16(21)11-9-15/h3,8-11H,1,4-7,12-13H2,2H3,(H,22,24). The number of halogens is 1. The van der Waals surface area contributed by atoms with Crippen molar-refractivity contribution in [2.45, 2.75) is 45.7 Å². The monoisotopic (exact) mass is 326 g/mol. The van der Waals surface area contributed by atoms with Crippen LogP contribution in [0.1, 0.15) is 45.7 Å². The van der Waals surface area contributed by atoms with E-state index in [0.717, 1.165) is 29.7 Å². The minimum Gasteiger partial charge on any atom is -0.347 e. The van der Waals surface area contributed by atoms with Crippen molar-refractivity contribution >= 4 is 5.91 Å². The molecule has 1 amide bonds. The maximum atomic E-state index is 13.0. The fourth-order valence-corrected chi connectivity index (χ4v) is 3.56. The number of amides is 1. The molecular formula is C20H23FN2O. The maximum Gasteiger partial charge on any atom is 0.268 e. The maximum absolute atomic E-state index is 13.0. The van der Waals surface area contributed by atoms with E-state index < -0.39 is 0 Å². The highest BCUT2D eigenvalue weighted by Crippen LogP contribution is 2.29. The zero-order valence-electron chi connectivity index (χ0n) is 14.1. The molecule has 0 unspecified atom stereocenters. The summed E-state index contributed by atoms with van der Waals surface area (Å²) in [5, 5.41) is 2.97. The van der Waals surface area contributed by atoms with Crippen molar-refractivity contribution < 1.29 is 9.18 Å². The normalized spacial score (nSPS) is 13.4. The summed E-state index contributed by atoms with van der Waals surface area (Å²) in [5.41, 5.74) is 5.32. The molecule has 0 saturated carbocycles. The molecule has 3 nitrogen and oxygen atoms in total. The van der Waals surface area contributed by atoms with E-state index in [1.54, 1.807) is 12.1 Å². The SMILES string of the molecule is C=CCn1c2c(c(C)c1C(=O)NCc1ccc(F)cc1)CCCC2. The van der Waals surface area contributed by atoms with E-state index in [2.05, 4.69) is 16.5 Å². The Balaban J connectivity index is 1.84. The highest BCUT2D eigenvalue weighted by Gasteiger charge is 2.25. The van der Waals surface area contributed by atoms with E-state index >= 15 is 0 Å². The van der Waals surface area contributed by atoms with Crippen LogP contribution in [0.2, 0.25) is 0 Å². The van der Waals surface area contributed by atoms with Gasteiger partial charge in [0.2, 0.25) is 0 Å². The second kappa shape index (κ2) is 7.04. The van der Waals surface area contributed by atoms with Gasteiger partial charge in [0.25, 0.3) is 5.91 Å². The van der Waals surface area contributed by atoms with Crippen LogP contribution < -0.4 is 5.32 Å². The van der Waals surface area contributed by atoms with Crippen molar-refractivity contribution in [3.8, 4) is 0 Å². The Hall–Kier alpha value is -2.36. The van der Waals surface area contributed by atoms with Crippen molar-refractivity contribution in [3.63, 3.8) is 0 Å². The Bertz CT molecular complexity index is 759. The molecule has 0 bridgehead atoms. The van der Waals surface area contributed by atoms with Gasteiger partial charge < -0.3 is 9.88 Å². The summed E-state index contributed by atoms with van der Waals surface area (Å²) in [6, 6.07) is 6.20. The number of benzene rings is 1. The summed E-state index contributed by atoms with van der Waals surface area (Å²) in [6.45, 7) is 6.91. The Kier molecular flexibility index (Phi) is 4.84. The first-order chi connectivity index (χ1) is 11.6. The van der Waals surface area contributed by atoms with Crippen LogP contribution in [0, 0.1) is 12.7 Å². The third-order valence-electron chi connectivity index (χ3n) is 4.74. The molecule has 1 heterocycles. The predicted octanol–water partition coefficient (Wildman–Crippen LogP) is 3.93. The number of aromatic nitrogens is 1. The van der Waals surface area contributed by atoms with Gasteiger partial charge in [0.05, 0.1) is 0 Å². The molecule has 1 aliphatic rings. The summed E-state index contributed by atoms with van der Waals surface area (Å²) in [7, 11) is 0. The average molecular weight is 326 g/mol. The van der Waals surface area contributed by atoms with Gasteiger partial charge in [-0.2, -0.15) is 0 Å². The van der Waals surface area contributed by atoms with Crippen LogP contribution in [-0.2, 0) is 25.9 Å². The molecule has 0 saturated heterocycles. The topological polar surface area (TPSA) is 34.0 Å². The van der Waals surface area contributed by atoms with Crippen LogP contribution in [0.4, 0.5) is 4.39 Å². The summed E-state index contributed by atoms with van der Waals surface area (Å²) in [6.07, 6.45) is 6.26. The lowest BCUT2D eigenvalue weighted by molar-refractivity contribution is 0.0941. The molecule has 0 fully saturated rings. The Morgan fingerprint density at radius 2 is 2.00 bits per heavy atom. The van der Waals surface area contributed by atoms with Gasteiger partial charge in [-0.3, -0.25) is 4.79 Å². The molecule has 4 heteroatoms. The number of carbonyl (C=O) groups is 1. The summed E-state index contributed by atoms with van der Waals surface area (Å²) in [5.74, 6) is -0.346. The van der Waals surface area contributed by atoms with Gasteiger partial charge in [0.15, 0.2) is 0 Å². The lowest BCUT2D eigenvalue weighted by Crippen LogP contribution is -2.26. The lowest BCUT2D eigenvalue weighted by Gasteiger charge is -2.15. The van der Waals surface area contributed by atoms with Gasteiger partial charge in [0.1, 0.15) is 11.5 Å². The first-order valence-corrected chi connectivity index (χ1v) is 8.46. The third kappa shape index (κ3) is 3.14. The highest BCUT2D eigenvalue weighted by atomic mass is 19.1. The predicted molar refractivity (Wildman–Crippen MR) is 93.6 cm³/mol. The van der Waals surface area contributed by atoms with E-state index in [1.165, 1.54) is 36.2 Å². The fraction of sp³-hybridized carbons (Fsp3) is 0.350. The molecular weight excluding hydrogens is 303 g/mol. The molecule has 126 valence electrons. The molecule has 2 aromatic rings. The largest absolute Gasteiger partial charge is 0.347 e. The molecule has 1 aliphatic carbocycles. The Morgan fingerprint density at radius 3 is 2.71 bits per heavy atom. The summed E-state index contributed by atoms with van der Waals surface area (Å²) < 4.78 is 15.1. The van der Waals surface area contributed by atoms with Crippen molar-refractivity contribution in [1.29, 1.82) is 0 Å². The lowest BCUT2D eigenvalue weighted by atomic mass is 9.95. The Morgan fingerprint density at radius 1 is 1.29 bits per heavy atom. The van der Waals surface area contributed by atoms with E-state index in [1.807, 2.05) is 13.0 Å². The quantitative estimate of drug-likeness (QED) is 0.830. The molecule has 24 heavy (non-hydrogen) atoms. The van der Waals surface area contributed by atoms with E-state index in [0.29, 0.717) is 13.1 Å². The minimum absolute atomic E-state index is 0.0759. The summed E-state index contributed by atoms with van der Waals surface area (Å²) >= 11 is 0. The molecule has 3 rings (SSSR count). The smallest absolute Gasteiger partial charge is 0.268 e. The number of nitrogens with one attached hydrogen (secondary N) is 1. The van der Waals surface area contributed by atoms with Crippen LogP contribution in [0.5, 0.6) is 0 Å². The number of fused-ring (bicyclic) bond motifs is 1. The molecule has 0 atom stereocenters. The second-order valence-corrected chi connectivity index (χ2v) is 6.31. The fourth-order valence-electron chi connectivity index (χ4n) is 3.56. The molecule has 0 spiro atoms. The van der Waals surface area contributed by atoms with Gasteiger partial charge in [-0.15, -0.1) is 6.58 Å². The van der Waals surface area contributed by atoms with Crippen LogP contribution in [-0.4, -0.2) is 10.5 Å². The second-order valence-electron chi connectivity index (χ2n) is 6.31. The van der Waals surface area contributed by atoms with Crippen LogP contribution in [0.15, 0.2) is 36.9 Å². The number of hydrogen-bond acceptors (Lipinski definition) is 1. The van der Waals surface area contributed by atoms with Crippen molar-refractivity contribution in [2.24, 2.45) is 0 Å². The van der Waals surface area contributed by atoms with Crippen LogP contribution in [0.25, 0.3) is 0 Å². The van der Waals surface area contributed by atoms with Gasteiger partial charge in [-0.05, 0) is 61.4 Å². The van der Waals surface area contributed by atoms with E-state index in [9.17, 15) is 9.18 Å². The molecule has 0 radical (unpaired) electrons. The van der Waals surface area contributed by atoms with E-state index in [-0.39, 0.29) is 11.7 Å². The number of hydrogen-bond donors (Lipinski definition) is 1. The van der Waals surface area contributed by atoms with Crippen molar-refractivity contribution in [1.82, 2.24) is 9.88 Å². The zero-order chi connectivity index (χ0) is 17.1. The third-order valence-corrected chi connectivity index (χ3v) is 4.74. The molecule has 0 aliphatic heterocycles. The molecule has 1 aromatic heterocycles. The number of nitrogens with zero attached hydrogens (tertiary/aromatic N) is 1. The number of carbonyl (C=O) groups excluding carboxylic acids is 1. The van der Waals surface area contributed by atoms with Gasteiger partial charge in [0, 0.05) is 18.8 Å². The zero-order valence-corrected chi connectivity index (χ0v) is 14.1. The molecule has 1 aromatic carbocycles. The van der Waals surface area contributed by atoms with Gasteiger partial charge >= 0.3 is 0 Å². The Labute approximate surface area is 142 Å². The summed E-state index contributed by atoms with van der Waals surface area (Å²) in [4.78, 5) is 12.8. The number of rotatable bonds is 5. The van der Waals surface area contributed by atoms with Gasteiger partial charge in [-0.1, -0.05) is 18.2 Å². The van der Waals surface area contributed by atoms with Crippen LogP contribution >= 0.6 is 0 Å². The van der Waals surface area contributed by atoms with Crippen LogP contribution in [0.3, 0.4) is 0 Å². The highest BCUT2D eigenvalue weighted by molar-refractivity contribution is 5.95. The first-order valence-electron chi connectivity index (χ1n) is 8.46. The van der Waals surface area contributed by atoms with Gasteiger partial charge in [-0.25, -0.2) is 4.39 Å².